The van der Waals surface area contributed by atoms with Crippen LogP contribution in [0, 0.1) is 0 Å². The van der Waals surface area contributed by atoms with Crippen LogP contribution in [0.5, 0.6) is 5.75 Å². The molecule has 2 N–H and O–H groups in total. The van der Waals surface area contributed by atoms with E-state index in [4.69, 9.17) is 13.8 Å². The van der Waals surface area contributed by atoms with Gasteiger partial charge >= 0.3 is 13.3 Å². The number of benzene rings is 1. The molecular weight excluding hydrogens is 321 g/mol. The Morgan fingerprint density at radius 2 is 1.87 bits per heavy atom. The highest BCUT2D eigenvalue weighted by Crippen LogP contribution is 2.60. The first-order valence-electron chi connectivity index (χ1n) is 6.70. The summed E-state index contributed by atoms with van der Waals surface area (Å²) in [5.41, 5.74) is 0.0399. The molecule has 9 heteroatoms. The Morgan fingerprint density at radius 3 is 2.48 bits per heavy atom. The van der Waals surface area contributed by atoms with Gasteiger partial charge in [-0.2, -0.15) is 0 Å². The van der Waals surface area contributed by atoms with Crippen molar-refractivity contribution < 1.29 is 18.3 Å². The zero-order valence-corrected chi connectivity index (χ0v) is 13.9. The number of hydrogen-bond donors (Lipinski definition) is 2. The minimum absolute atomic E-state index is 0.329. The number of methoxy groups -OCH3 is 1. The molecule has 2 aromatic rings. The van der Waals surface area contributed by atoms with Gasteiger partial charge in [-0.25, -0.2) is 9.78 Å². The summed E-state index contributed by atoms with van der Waals surface area (Å²) in [4.78, 5) is 17.4. The van der Waals surface area contributed by atoms with Crippen LogP contribution in [0.4, 0.5) is 5.82 Å². The molecule has 0 radical (unpaired) electrons. The summed E-state index contributed by atoms with van der Waals surface area (Å²) in [7, 11) is 0.532. The van der Waals surface area contributed by atoms with Gasteiger partial charge in [0, 0.05) is 26.0 Å². The summed E-state index contributed by atoms with van der Waals surface area (Å²) in [6.07, 6.45) is 1.34. The lowest BCUT2D eigenvalue weighted by Crippen LogP contribution is -2.18. The van der Waals surface area contributed by atoms with Crippen LogP contribution in [0.15, 0.2) is 41.3 Å². The van der Waals surface area contributed by atoms with Crippen LogP contribution in [-0.2, 0) is 13.6 Å². The monoisotopic (exact) mass is 339 g/mol. The number of para-hydroxylation sites is 1. The first-order chi connectivity index (χ1) is 11.0. The molecular formula is C14H18N3O5P. The molecule has 0 aliphatic carbocycles. The fourth-order valence-electron chi connectivity index (χ4n) is 2.10. The average Bonchev–Trinajstić information content (AvgIpc) is 2.59. The molecule has 1 unspecified atom stereocenters. The number of hydrogen-bond acceptors (Lipinski definition) is 7. The van der Waals surface area contributed by atoms with Crippen molar-refractivity contribution in [2.75, 3.05) is 26.6 Å². The van der Waals surface area contributed by atoms with Crippen molar-refractivity contribution >= 4 is 13.4 Å². The Morgan fingerprint density at radius 1 is 1.17 bits per heavy atom. The van der Waals surface area contributed by atoms with Crippen molar-refractivity contribution in [1.29, 1.82) is 0 Å². The summed E-state index contributed by atoms with van der Waals surface area (Å²) >= 11 is 0. The van der Waals surface area contributed by atoms with E-state index in [0.717, 1.165) is 0 Å². The summed E-state index contributed by atoms with van der Waals surface area (Å²) in [6.45, 7) is 0. The van der Waals surface area contributed by atoms with Gasteiger partial charge in [0.05, 0.1) is 7.11 Å². The number of aromatic nitrogens is 2. The largest absolute Gasteiger partial charge is 0.496 e. The second kappa shape index (κ2) is 7.41. The normalized spacial score (nSPS) is 12.7. The molecule has 0 saturated carbocycles. The molecule has 2 rings (SSSR count). The van der Waals surface area contributed by atoms with E-state index in [-0.39, 0.29) is 0 Å². The molecule has 0 bridgehead atoms. The van der Waals surface area contributed by atoms with Crippen molar-refractivity contribution in [3.8, 4) is 5.75 Å². The lowest BCUT2D eigenvalue weighted by Gasteiger charge is -2.27. The van der Waals surface area contributed by atoms with E-state index in [1.54, 1.807) is 30.3 Å². The van der Waals surface area contributed by atoms with Gasteiger partial charge in [-0.15, -0.1) is 0 Å². The van der Waals surface area contributed by atoms with Crippen LogP contribution in [0.1, 0.15) is 11.3 Å². The van der Waals surface area contributed by atoms with Gasteiger partial charge in [0.25, 0.3) is 0 Å². The summed E-state index contributed by atoms with van der Waals surface area (Å²) in [5, 5.41) is 2.96. The van der Waals surface area contributed by atoms with Gasteiger partial charge in [0.2, 0.25) is 0 Å². The smallest absolute Gasteiger partial charge is 0.356 e. The number of H-pyrrole nitrogens is 1. The van der Waals surface area contributed by atoms with E-state index < -0.39 is 19.1 Å². The first kappa shape index (κ1) is 17.2. The molecule has 0 aliphatic rings. The fourth-order valence-corrected chi connectivity index (χ4v) is 3.53. The third kappa shape index (κ3) is 3.79. The molecule has 8 nitrogen and oxygen atoms in total. The molecule has 1 atom stereocenters. The van der Waals surface area contributed by atoms with E-state index in [2.05, 4.69) is 15.3 Å². The summed E-state index contributed by atoms with van der Waals surface area (Å²) in [5.74, 6) is -0.0438. The van der Waals surface area contributed by atoms with Gasteiger partial charge < -0.3 is 19.1 Å². The number of anilines is 1. The van der Waals surface area contributed by atoms with E-state index in [0.29, 0.717) is 17.1 Å². The van der Waals surface area contributed by atoms with Crippen LogP contribution in [-0.4, -0.2) is 31.3 Å². The van der Waals surface area contributed by atoms with Gasteiger partial charge in [0.15, 0.2) is 5.78 Å². The highest BCUT2D eigenvalue weighted by Gasteiger charge is 2.37. The van der Waals surface area contributed by atoms with Crippen LogP contribution >= 0.6 is 7.60 Å². The maximum absolute atomic E-state index is 12.9. The number of ether oxygens (including phenoxy) is 1. The SMILES string of the molecule is COc1ccccc1C(Nc1ccnc(=O)[nH]1)P(=O)(OC)OC. The Bertz CT molecular complexity index is 756. The van der Waals surface area contributed by atoms with Crippen molar-refractivity contribution in [2.45, 2.75) is 5.78 Å². The molecule has 0 saturated heterocycles. The third-order valence-electron chi connectivity index (χ3n) is 3.23. The van der Waals surface area contributed by atoms with Crippen LogP contribution in [0.3, 0.4) is 0 Å². The Labute approximate surface area is 133 Å². The molecule has 0 aliphatic heterocycles. The molecule has 0 spiro atoms. The van der Waals surface area contributed by atoms with E-state index >= 15 is 0 Å². The predicted molar refractivity (Wildman–Crippen MR) is 85.8 cm³/mol. The van der Waals surface area contributed by atoms with Crippen molar-refractivity contribution in [2.24, 2.45) is 0 Å². The number of rotatable bonds is 7. The van der Waals surface area contributed by atoms with Gasteiger partial charge in [-0.3, -0.25) is 9.55 Å². The van der Waals surface area contributed by atoms with Crippen molar-refractivity contribution in [3.63, 3.8) is 0 Å². The second-order valence-corrected chi connectivity index (χ2v) is 6.81. The molecule has 1 heterocycles. The number of nitrogens with one attached hydrogen (secondary N) is 2. The lowest BCUT2D eigenvalue weighted by atomic mass is 10.2. The molecule has 0 amide bonds. The second-order valence-electron chi connectivity index (χ2n) is 4.48. The molecule has 124 valence electrons. The summed E-state index contributed by atoms with van der Waals surface area (Å²) in [6, 6.07) is 8.57. The maximum atomic E-state index is 12.9. The van der Waals surface area contributed by atoms with E-state index in [9.17, 15) is 9.36 Å². The number of nitrogens with zero attached hydrogens (tertiary/aromatic N) is 1. The first-order valence-corrected chi connectivity index (χ1v) is 8.31. The highest BCUT2D eigenvalue weighted by atomic mass is 31.2. The predicted octanol–water partition coefficient (Wildman–Crippen LogP) is 2.38. The topological polar surface area (TPSA) is 103 Å². The van der Waals surface area contributed by atoms with Crippen molar-refractivity contribution in [1.82, 2.24) is 9.97 Å². The van der Waals surface area contributed by atoms with E-state index in [1.807, 2.05) is 0 Å². The highest BCUT2D eigenvalue weighted by molar-refractivity contribution is 7.54. The third-order valence-corrected chi connectivity index (χ3v) is 5.28. The van der Waals surface area contributed by atoms with Crippen LogP contribution < -0.4 is 15.7 Å². The molecule has 23 heavy (non-hydrogen) atoms. The Kier molecular flexibility index (Phi) is 5.54. The average molecular weight is 339 g/mol. The maximum Gasteiger partial charge on any atom is 0.356 e. The Balaban J connectivity index is 2.52. The van der Waals surface area contributed by atoms with Crippen molar-refractivity contribution in [3.05, 3.63) is 52.6 Å². The minimum atomic E-state index is -3.57. The molecule has 1 aromatic carbocycles. The number of aromatic amines is 1. The zero-order chi connectivity index (χ0) is 16.9. The Hall–Kier alpha value is -2.15. The fraction of sp³-hybridized carbons (Fsp3) is 0.286. The molecule has 0 fully saturated rings. The van der Waals surface area contributed by atoms with Gasteiger partial charge in [0.1, 0.15) is 11.6 Å². The minimum Gasteiger partial charge on any atom is -0.496 e. The quantitative estimate of drug-likeness (QED) is 0.747. The van der Waals surface area contributed by atoms with Gasteiger partial charge in [-0.05, 0) is 12.1 Å². The standard InChI is InChI=1S/C14H18N3O5P/c1-20-11-7-5-4-6-10(11)13(23(19,21-2)22-3)16-12-8-9-15-14(18)17-12/h4-9,13H,1-3H3,(H2,15,16,17,18). The van der Waals surface area contributed by atoms with Crippen LogP contribution in [0.2, 0.25) is 0 Å². The summed E-state index contributed by atoms with van der Waals surface area (Å²) < 4.78 is 28.5. The van der Waals surface area contributed by atoms with Gasteiger partial charge in [-0.1, -0.05) is 18.2 Å². The lowest BCUT2D eigenvalue weighted by molar-refractivity contribution is 0.267. The zero-order valence-electron chi connectivity index (χ0n) is 13.0. The van der Waals surface area contributed by atoms with E-state index in [1.165, 1.54) is 27.5 Å². The van der Waals surface area contributed by atoms with Crippen LogP contribution in [0.25, 0.3) is 0 Å². The molecule has 1 aromatic heterocycles.